The second-order valence-electron chi connectivity index (χ2n) is 13.4. The Morgan fingerprint density at radius 2 is 0.943 bits per heavy atom. The maximum atomic E-state index is 13.3. The first-order valence-electron chi connectivity index (χ1n) is 18.3. The van der Waals surface area contributed by atoms with E-state index in [0.717, 1.165) is 47.9 Å². The normalized spacial score (nSPS) is 13.3. The van der Waals surface area contributed by atoms with Crippen LogP contribution < -0.4 is 18.9 Å². The molecule has 0 amide bonds. The molecular weight excluding hydrogens is 661 g/mol. The summed E-state index contributed by atoms with van der Waals surface area (Å²) in [5, 5.41) is 0. The third-order valence-corrected chi connectivity index (χ3v) is 9.31. The van der Waals surface area contributed by atoms with Gasteiger partial charge >= 0.3 is 11.9 Å². The van der Waals surface area contributed by atoms with E-state index in [9.17, 15) is 9.59 Å². The molecule has 1 heterocycles. The first-order valence-corrected chi connectivity index (χ1v) is 18.3. The standard InChI is InChI=1S/C47H42O6/c1-4-6-32-8-12-34(13-9-32)36-16-20-38(21-17-36)46(48)52-40-24-26-44-42(28-40)43-29-41(25-27-45(43)51-31(3)30-50-44)53-47(49)39-22-18-37(19-23-39)35-14-10-33(7-5-2)11-15-35/h8-29,31H,4-7,30H2,1-3H3. The molecule has 1 aliphatic heterocycles. The lowest BCUT2D eigenvalue weighted by atomic mass is 10.0. The Labute approximate surface area is 311 Å². The van der Waals surface area contributed by atoms with Gasteiger partial charge in [0.05, 0.1) is 11.1 Å². The lowest BCUT2D eigenvalue weighted by Crippen LogP contribution is -2.23. The molecule has 1 aliphatic rings. The highest BCUT2D eigenvalue weighted by Gasteiger charge is 2.22. The molecule has 0 N–H and O–H groups in total. The van der Waals surface area contributed by atoms with Crippen molar-refractivity contribution in [2.24, 2.45) is 0 Å². The molecule has 0 fully saturated rings. The maximum Gasteiger partial charge on any atom is 0.343 e. The van der Waals surface area contributed by atoms with Gasteiger partial charge in [0.25, 0.3) is 0 Å². The van der Waals surface area contributed by atoms with Crippen molar-refractivity contribution >= 4 is 11.9 Å². The third-order valence-electron chi connectivity index (χ3n) is 9.31. The van der Waals surface area contributed by atoms with Gasteiger partial charge in [0, 0.05) is 11.1 Å². The van der Waals surface area contributed by atoms with Gasteiger partial charge in [-0.3, -0.25) is 0 Å². The molecule has 7 rings (SSSR count). The summed E-state index contributed by atoms with van der Waals surface area (Å²) in [4.78, 5) is 26.6. The lowest BCUT2D eigenvalue weighted by molar-refractivity contribution is 0.0724. The van der Waals surface area contributed by atoms with Crippen LogP contribution in [0.5, 0.6) is 23.0 Å². The monoisotopic (exact) mass is 702 g/mol. The predicted molar refractivity (Wildman–Crippen MR) is 209 cm³/mol. The van der Waals surface area contributed by atoms with Crippen LogP contribution in [0.1, 0.15) is 65.5 Å². The number of carbonyl (C=O) groups is 2. The van der Waals surface area contributed by atoms with E-state index in [4.69, 9.17) is 18.9 Å². The van der Waals surface area contributed by atoms with Gasteiger partial charge in [0.15, 0.2) is 0 Å². The highest BCUT2D eigenvalue weighted by molar-refractivity contribution is 5.93. The Bertz CT molecular complexity index is 2200. The van der Waals surface area contributed by atoms with Crippen LogP contribution in [0.25, 0.3) is 33.4 Å². The van der Waals surface area contributed by atoms with Crippen molar-refractivity contribution in [1.82, 2.24) is 0 Å². The summed E-state index contributed by atoms with van der Waals surface area (Å²) in [5.41, 5.74) is 9.01. The second kappa shape index (κ2) is 16.0. The van der Waals surface area contributed by atoms with Gasteiger partial charge in [-0.25, -0.2) is 9.59 Å². The van der Waals surface area contributed by atoms with E-state index in [2.05, 4.69) is 62.4 Å². The van der Waals surface area contributed by atoms with E-state index in [1.165, 1.54) is 11.1 Å². The topological polar surface area (TPSA) is 71.1 Å². The average molecular weight is 703 g/mol. The van der Waals surface area contributed by atoms with Crippen molar-refractivity contribution in [1.29, 1.82) is 0 Å². The minimum atomic E-state index is -0.478. The summed E-state index contributed by atoms with van der Waals surface area (Å²) >= 11 is 0. The number of fused-ring (bicyclic) bond motifs is 3. The number of benzene rings is 6. The number of esters is 2. The molecule has 0 radical (unpaired) electrons. The molecule has 6 nitrogen and oxygen atoms in total. The Hall–Kier alpha value is -6.14. The molecule has 6 aromatic carbocycles. The molecule has 53 heavy (non-hydrogen) atoms. The first-order chi connectivity index (χ1) is 25.9. The smallest absolute Gasteiger partial charge is 0.343 e. The molecule has 1 unspecified atom stereocenters. The van der Waals surface area contributed by atoms with Crippen LogP contribution in [0.2, 0.25) is 0 Å². The summed E-state index contributed by atoms with van der Waals surface area (Å²) in [6.45, 7) is 6.60. The molecule has 0 saturated heterocycles. The van der Waals surface area contributed by atoms with Gasteiger partial charge in [-0.05, 0) is 114 Å². The molecular formula is C47H42O6. The first kappa shape index (κ1) is 35.3. The molecule has 1 atom stereocenters. The Balaban J connectivity index is 1.08. The summed E-state index contributed by atoms with van der Waals surface area (Å²) in [6, 6.07) is 42.3. The number of hydrogen-bond donors (Lipinski definition) is 0. The SMILES string of the molecule is CCCc1ccc(-c2ccc(C(=O)Oc3ccc4c(c3)-c3cc(OC(=O)c5ccc(-c6ccc(CCC)cc6)cc5)ccc3OC(C)CO4)cc2)cc1. The van der Waals surface area contributed by atoms with Gasteiger partial charge in [0.2, 0.25) is 0 Å². The largest absolute Gasteiger partial charge is 0.489 e. The average Bonchev–Trinajstić information content (AvgIpc) is 3.18. The second-order valence-corrected chi connectivity index (χ2v) is 13.4. The van der Waals surface area contributed by atoms with Crippen molar-refractivity contribution in [3.63, 3.8) is 0 Å². The summed E-state index contributed by atoms with van der Waals surface area (Å²) in [6.07, 6.45) is 4.09. The van der Waals surface area contributed by atoms with E-state index >= 15 is 0 Å². The van der Waals surface area contributed by atoms with Crippen molar-refractivity contribution in [2.75, 3.05) is 6.61 Å². The number of carbonyl (C=O) groups excluding carboxylic acids is 2. The van der Waals surface area contributed by atoms with Gasteiger partial charge in [-0.15, -0.1) is 0 Å². The fourth-order valence-corrected chi connectivity index (χ4v) is 6.49. The van der Waals surface area contributed by atoms with Gasteiger partial charge < -0.3 is 18.9 Å². The number of hydrogen-bond acceptors (Lipinski definition) is 6. The summed E-state index contributed by atoms with van der Waals surface area (Å²) in [5.74, 6) is 0.919. The van der Waals surface area contributed by atoms with Gasteiger partial charge in [-0.2, -0.15) is 0 Å². The Morgan fingerprint density at radius 3 is 1.38 bits per heavy atom. The molecule has 0 saturated carbocycles. The van der Waals surface area contributed by atoms with E-state index < -0.39 is 11.9 Å². The molecule has 0 aliphatic carbocycles. The zero-order valence-corrected chi connectivity index (χ0v) is 30.3. The van der Waals surface area contributed by atoms with Crippen LogP contribution in [0, 0.1) is 0 Å². The van der Waals surface area contributed by atoms with Crippen LogP contribution in [0.15, 0.2) is 133 Å². The van der Waals surface area contributed by atoms with E-state index in [1.807, 2.05) is 31.2 Å². The lowest BCUT2D eigenvalue weighted by Gasteiger charge is -2.24. The van der Waals surface area contributed by atoms with Crippen LogP contribution in [0.3, 0.4) is 0 Å². The van der Waals surface area contributed by atoms with Gasteiger partial charge in [-0.1, -0.05) is 99.5 Å². The number of aryl methyl sites for hydroxylation is 2. The van der Waals surface area contributed by atoms with Crippen LogP contribution in [0.4, 0.5) is 0 Å². The van der Waals surface area contributed by atoms with Crippen molar-refractivity contribution in [2.45, 2.75) is 52.6 Å². The number of rotatable bonds is 10. The van der Waals surface area contributed by atoms with E-state index in [0.29, 0.717) is 51.9 Å². The zero-order valence-electron chi connectivity index (χ0n) is 30.3. The molecule has 266 valence electrons. The molecule has 0 spiro atoms. The van der Waals surface area contributed by atoms with Crippen molar-refractivity contribution in [3.05, 3.63) is 156 Å². The van der Waals surface area contributed by atoms with Crippen LogP contribution >= 0.6 is 0 Å². The molecule has 0 aromatic heterocycles. The summed E-state index contributed by atoms with van der Waals surface area (Å²) in [7, 11) is 0. The number of ether oxygens (including phenoxy) is 4. The fourth-order valence-electron chi connectivity index (χ4n) is 6.49. The van der Waals surface area contributed by atoms with Crippen molar-refractivity contribution in [3.8, 4) is 56.4 Å². The van der Waals surface area contributed by atoms with Crippen molar-refractivity contribution < 1.29 is 28.5 Å². The fraction of sp³-hybridized carbons (Fsp3) is 0.191. The quantitative estimate of drug-likeness (QED) is 0.105. The van der Waals surface area contributed by atoms with E-state index in [1.54, 1.807) is 60.7 Å². The third kappa shape index (κ3) is 8.34. The van der Waals surface area contributed by atoms with Crippen LogP contribution in [-0.4, -0.2) is 24.6 Å². The van der Waals surface area contributed by atoms with E-state index in [-0.39, 0.29) is 6.10 Å². The highest BCUT2D eigenvalue weighted by Crippen LogP contribution is 2.42. The summed E-state index contributed by atoms with van der Waals surface area (Å²) < 4.78 is 24.0. The Kier molecular flexibility index (Phi) is 10.7. The molecule has 6 aromatic rings. The Morgan fingerprint density at radius 1 is 0.547 bits per heavy atom. The highest BCUT2D eigenvalue weighted by atomic mass is 16.5. The minimum Gasteiger partial charge on any atom is -0.489 e. The van der Waals surface area contributed by atoms with Gasteiger partial charge in [0.1, 0.15) is 35.7 Å². The maximum absolute atomic E-state index is 13.3. The molecule has 0 bridgehead atoms. The molecule has 6 heteroatoms. The predicted octanol–water partition coefficient (Wildman–Crippen LogP) is 11.2. The van der Waals surface area contributed by atoms with Crippen LogP contribution in [-0.2, 0) is 12.8 Å². The minimum absolute atomic E-state index is 0.230. The zero-order chi connectivity index (χ0) is 36.7.